The molecule has 174 valence electrons. The highest BCUT2D eigenvalue weighted by molar-refractivity contribution is 7.17. The average Bonchev–Trinajstić information content (AvgIpc) is 3.38. The van der Waals surface area contributed by atoms with E-state index in [-0.39, 0.29) is 40.2 Å². The fourth-order valence-corrected chi connectivity index (χ4v) is 4.85. The van der Waals surface area contributed by atoms with Crippen molar-refractivity contribution in [2.24, 2.45) is 0 Å². The number of ether oxygens (including phenoxy) is 2. The van der Waals surface area contributed by atoms with Crippen LogP contribution in [-0.2, 0) is 15.9 Å². The summed E-state index contributed by atoms with van der Waals surface area (Å²) in [5, 5.41) is 3.81. The summed E-state index contributed by atoms with van der Waals surface area (Å²) in [4.78, 5) is 50.2. The van der Waals surface area contributed by atoms with Crippen molar-refractivity contribution in [2.45, 2.75) is 45.8 Å². The number of carbonyl (C=O) groups is 3. The average molecular weight is 484 g/mol. The van der Waals surface area contributed by atoms with Crippen LogP contribution in [0.15, 0.2) is 0 Å². The van der Waals surface area contributed by atoms with E-state index in [0.717, 1.165) is 11.3 Å². The molecule has 1 saturated heterocycles. The van der Waals surface area contributed by atoms with E-state index in [9.17, 15) is 14.4 Å². The summed E-state index contributed by atoms with van der Waals surface area (Å²) in [5.74, 6) is -1.08. The molecule has 0 saturated carbocycles. The maximum Gasteiger partial charge on any atom is 0.350 e. The molecule has 2 N–H and O–H groups in total. The molecule has 1 aliphatic heterocycles. The first kappa shape index (κ1) is 24.1. The zero-order valence-corrected chi connectivity index (χ0v) is 19.9. The maximum atomic E-state index is 12.7. The van der Waals surface area contributed by atoms with Crippen molar-refractivity contribution < 1.29 is 23.9 Å². The van der Waals surface area contributed by atoms with Gasteiger partial charge in [-0.05, 0) is 19.8 Å². The number of carbonyl (C=O) groups excluding carboxylic acids is 3. The Morgan fingerprint density at radius 3 is 2.66 bits per heavy atom. The van der Waals surface area contributed by atoms with E-state index in [1.807, 2.05) is 18.7 Å². The van der Waals surface area contributed by atoms with Gasteiger partial charge in [-0.15, -0.1) is 0 Å². The van der Waals surface area contributed by atoms with Gasteiger partial charge in [-0.1, -0.05) is 29.9 Å². The second-order valence-electron chi connectivity index (χ2n) is 7.24. The lowest BCUT2D eigenvalue weighted by Crippen LogP contribution is -2.55. The number of piperidine rings is 1. The quantitative estimate of drug-likeness (QED) is 0.433. The van der Waals surface area contributed by atoms with Crippen LogP contribution in [0, 0.1) is 0 Å². The van der Waals surface area contributed by atoms with Crippen molar-refractivity contribution in [2.75, 3.05) is 31.7 Å². The van der Waals surface area contributed by atoms with Crippen LogP contribution in [0.4, 0.5) is 5.13 Å². The molecule has 2 aromatic rings. The van der Waals surface area contributed by atoms with Crippen LogP contribution in [0.2, 0.25) is 5.15 Å². The number of rotatable bonds is 8. The SMILES string of the molecule is CCO[C@H]1CN(c2nc(C(C)=O)c(C(=O)OC)s2)CC[C@H]1NC(=O)c1nc(Cl)c(CC)[nH]1. The number of esters is 1. The molecular formula is C20H26ClN5O5S. The highest BCUT2D eigenvalue weighted by Crippen LogP contribution is 2.30. The van der Waals surface area contributed by atoms with Crippen LogP contribution in [0.25, 0.3) is 0 Å². The lowest BCUT2D eigenvalue weighted by atomic mass is 10.0. The molecule has 32 heavy (non-hydrogen) atoms. The number of halogens is 1. The van der Waals surface area contributed by atoms with E-state index in [2.05, 4.69) is 20.3 Å². The number of thiazole rings is 1. The number of hydrogen-bond acceptors (Lipinski definition) is 9. The lowest BCUT2D eigenvalue weighted by molar-refractivity contribution is 0.0271. The number of nitrogens with zero attached hydrogens (tertiary/aromatic N) is 3. The summed E-state index contributed by atoms with van der Waals surface area (Å²) >= 11 is 7.16. The molecule has 10 nitrogen and oxygen atoms in total. The molecule has 12 heteroatoms. The van der Waals surface area contributed by atoms with Gasteiger partial charge in [0.15, 0.2) is 21.9 Å². The molecule has 3 heterocycles. The van der Waals surface area contributed by atoms with Crippen LogP contribution in [0.3, 0.4) is 0 Å². The molecule has 0 aromatic carbocycles. The summed E-state index contributed by atoms with van der Waals surface area (Å²) < 4.78 is 10.7. The Morgan fingerprint density at radius 1 is 1.31 bits per heavy atom. The summed E-state index contributed by atoms with van der Waals surface area (Å²) in [6, 6.07) is -0.250. The monoisotopic (exact) mass is 483 g/mol. The predicted molar refractivity (Wildman–Crippen MR) is 120 cm³/mol. The van der Waals surface area contributed by atoms with Gasteiger partial charge >= 0.3 is 5.97 Å². The second-order valence-corrected chi connectivity index (χ2v) is 8.57. The number of H-pyrrole nitrogens is 1. The van der Waals surface area contributed by atoms with Gasteiger partial charge in [0.1, 0.15) is 10.6 Å². The molecule has 1 aliphatic rings. The molecule has 0 radical (unpaired) electrons. The van der Waals surface area contributed by atoms with E-state index in [0.29, 0.717) is 48.5 Å². The van der Waals surface area contributed by atoms with Crippen molar-refractivity contribution >= 4 is 45.7 Å². The standard InChI is InChI=1S/C20H26ClN5O5S/c1-5-11-16(21)25-17(22-11)18(28)23-12-7-8-26(9-13(12)31-6-2)20-24-14(10(3)27)15(32-20)19(29)30-4/h12-13H,5-9H2,1-4H3,(H,22,25)(H,23,28)/t12-,13+/m1/s1. The van der Waals surface area contributed by atoms with E-state index < -0.39 is 5.97 Å². The smallest absolute Gasteiger partial charge is 0.350 e. The number of aryl methyl sites for hydroxylation is 1. The fraction of sp³-hybridized carbons (Fsp3) is 0.550. The van der Waals surface area contributed by atoms with Crippen molar-refractivity contribution in [1.82, 2.24) is 20.3 Å². The van der Waals surface area contributed by atoms with Gasteiger partial charge < -0.3 is 24.7 Å². The molecule has 0 aliphatic carbocycles. The van der Waals surface area contributed by atoms with Gasteiger partial charge in [-0.3, -0.25) is 9.59 Å². The van der Waals surface area contributed by atoms with Crippen LogP contribution in [-0.4, -0.2) is 71.6 Å². The Balaban J connectivity index is 1.75. The minimum Gasteiger partial charge on any atom is -0.465 e. The Labute approximate surface area is 194 Å². The number of anilines is 1. The normalized spacial score (nSPS) is 18.5. The molecule has 0 spiro atoms. The number of amides is 1. The molecule has 0 bridgehead atoms. The van der Waals surface area contributed by atoms with Crippen molar-refractivity contribution in [1.29, 1.82) is 0 Å². The zero-order chi connectivity index (χ0) is 23.4. The number of imidazole rings is 1. The van der Waals surface area contributed by atoms with Crippen molar-refractivity contribution in [3.8, 4) is 0 Å². The highest BCUT2D eigenvalue weighted by Gasteiger charge is 2.34. The molecule has 1 fully saturated rings. The number of ketones is 1. The Kier molecular flexibility index (Phi) is 7.86. The molecule has 0 unspecified atom stereocenters. The first-order chi connectivity index (χ1) is 15.3. The number of hydrogen-bond donors (Lipinski definition) is 2. The molecule has 2 atom stereocenters. The minimum atomic E-state index is -0.592. The van der Waals surface area contributed by atoms with Gasteiger partial charge in [0.05, 0.1) is 24.9 Å². The predicted octanol–water partition coefficient (Wildman–Crippen LogP) is 2.49. The number of methoxy groups -OCH3 is 1. The number of Topliss-reactive ketones (excluding diaryl/α,β-unsaturated/α-hetero) is 1. The first-order valence-electron chi connectivity index (χ1n) is 10.3. The number of nitrogens with one attached hydrogen (secondary N) is 2. The van der Waals surface area contributed by atoms with Gasteiger partial charge in [-0.25, -0.2) is 14.8 Å². The van der Waals surface area contributed by atoms with Crippen LogP contribution in [0.5, 0.6) is 0 Å². The van der Waals surface area contributed by atoms with Gasteiger partial charge in [0.25, 0.3) is 5.91 Å². The van der Waals surface area contributed by atoms with Crippen LogP contribution < -0.4 is 10.2 Å². The fourth-order valence-electron chi connectivity index (χ4n) is 3.52. The third-order valence-corrected chi connectivity index (χ3v) is 6.55. The maximum absolute atomic E-state index is 12.7. The minimum absolute atomic E-state index is 0.0988. The van der Waals surface area contributed by atoms with Crippen molar-refractivity contribution in [3.63, 3.8) is 0 Å². The van der Waals surface area contributed by atoms with E-state index in [1.165, 1.54) is 14.0 Å². The molecule has 2 aromatic heterocycles. The van der Waals surface area contributed by atoms with Crippen LogP contribution in [0.1, 0.15) is 63.7 Å². The Morgan fingerprint density at radius 2 is 2.06 bits per heavy atom. The Hall–Kier alpha value is -2.50. The molecule has 3 rings (SSSR count). The summed E-state index contributed by atoms with van der Waals surface area (Å²) in [5.41, 5.74) is 0.807. The summed E-state index contributed by atoms with van der Waals surface area (Å²) in [6.07, 6.45) is 0.900. The molecular weight excluding hydrogens is 458 g/mol. The Bertz CT molecular complexity index is 1010. The van der Waals surface area contributed by atoms with Gasteiger partial charge in [0, 0.05) is 26.6 Å². The zero-order valence-electron chi connectivity index (χ0n) is 18.4. The number of aromatic amines is 1. The topological polar surface area (TPSA) is 127 Å². The summed E-state index contributed by atoms with van der Waals surface area (Å²) in [7, 11) is 1.26. The molecule has 1 amide bonds. The summed E-state index contributed by atoms with van der Waals surface area (Å²) in [6.45, 7) is 6.61. The number of aromatic nitrogens is 3. The first-order valence-corrected chi connectivity index (χ1v) is 11.5. The van der Waals surface area contributed by atoms with Crippen molar-refractivity contribution in [3.05, 3.63) is 27.2 Å². The van der Waals surface area contributed by atoms with E-state index in [4.69, 9.17) is 21.1 Å². The third-order valence-electron chi connectivity index (χ3n) is 5.14. The van der Waals surface area contributed by atoms with E-state index in [1.54, 1.807) is 0 Å². The largest absolute Gasteiger partial charge is 0.465 e. The third kappa shape index (κ3) is 5.11. The van der Waals surface area contributed by atoms with E-state index >= 15 is 0 Å². The van der Waals surface area contributed by atoms with Gasteiger partial charge in [0.2, 0.25) is 0 Å². The van der Waals surface area contributed by atoms with Gasteiger partial charge in [-0.2, -0.15) is 0 Å². The second kappa shape index (κ2) is 10.4. The highest BCUT2D eigenvalue weighted by atomic mass is 35.5. The lowest BCUT2D eigenvalue weighted by Gasteiger charge is -2.38. The van der Waals surface area contributed by atoms with Crippen LogP contribution >= 0.6 is 22.9 Å².